The molecule has 206 valence electrons. The van der Waals surface area contributed by atoms with Crippen molar-refractivity contribution in [2.24, 2.45) is 0 Å². The first-order chi connectivity index (χ1) is 17.0. The van der Waals surface area contributed by atoms with Crippen molar-refractivity contribution in [3.63, 3.8) is 0 Å². The Balaban J connectivity index is 2.30. The lowest BCUT2D eigenvalue weighted by atomic mass is 10.0. The standard InChI is InChI=1S/C28H48N2O4Si3/c1-21(18-22-12-15-24(32-2)16-13-22)29-20-27(34-37(9,10)11)23-14-17-26(33-36(6,7)8)25(19-23)28(31)30-35(3,4)5/h12-17,19,21,27,29H,18,20H2,1-11H3,(H,30,31). The van der Waals surface area contributed by atoms with E-state index in [1.165, 1.54) is 5.56 Å². The number of ether oxygens (including phenoxy) is 1. The molecule has 0 aliphatic rings. The molecule has 0 aromatic heterocycles. The van der Waals surface area contributed by atoms with Crippen molar-refractivity contribution in [1.29, 1.82) is 0 Å². The third-order valence-electron chi connectivity index (χ3n) is 5.37. The lowest BCUT2D eigenvalue weighted by molar-refractivity contribution is 0.0976. The maximum absolute atomic E-state index is 13.3. The summed E-state index contributed by atoms with van der Waals surface area (Å²) in [6.07, 6.45) is 0.737. The lowest BCUT2D eigenvalue weighted by Crippen LogP contribution is -2.45. The zero-order valence-electron chi connectivity index (χ0n) is 24.7. The second-order valence-electron chi connectivity index (χ2n) is 12.8. The summed E-state index contributed by atoms with van der Waals surface area (Å²) in [5, 5.41) is 3.67. The molecule has 0 aliphatic heterocycles. The van der Waals surface area contributed by atoms with E-state index >= 15 is 0 Å². The van der Waals surface area contributed by atoms with E-state index in [-0.39, 0.29) is 18.1 Å². The van der Waals surface area contributed by atoms with Crippen LogP contribution in [0.25, 0.3) is 0 Å². The molecule has 0 radical (unpaired) electrons. The third-order valence-corrected chi connectivity index (χ3v) is 8.17. The SMILES string of the molecule is COc1ccc(CC(C)NCC(O[Si](C)(C)C)c2ccc(O[Si](C)(C)C)c(C(=O)N[Si](C)(C)C)c2)cc1. The second-order valence-corrected chi connectivity index (χ2v) is 26.4. The van der Waals surface area contributed by atoms with Crippen LogP contribution in [0.5, 0.6) is 11.5 Å². The Kier molecular flexibility index (Phi) is 10.8. The molecule has 1 amide bonds. The Bertz CT molecular complexity index is 1030. The predicted molar refractivity (Wildman–Crippen MR) is 163 cm³/mol. The molecule has 0 saturated carbocycles. The number of rotatable bonds is 13. The molecule has 9 heteroatoms. The average molecular weight is 561 g/mol. The molecule has 2 atom stereocenters. The van der Waals surface area contributed by atoms with E-state index in [1.807, 2.05) is 24.3 Å². The van der Waals surface area contributed by atoms with Gasteiger partial charge in [0.05, 0.1) is 18.8 Å². The fraction of sp³-hybridized carbons (Fsp3) is 0.536. The Morgan fingerprint density at radius 3 is 2.03 bits per heavy atom. The highest BCUT2D eigenvalue weighted by Gasteiger charge is 2.28. The van der Waals surface area contributed by atoms with Crippen molar-refractivity contribution in [3.8, 4) is 11.5 Å². The molecule has 0 heterocycles. The van der Waals surface area contributed by atoms with E-state index < -0.39 is 24.9 Å². The molecule has 0 aliphatic carbocycles. The Hall–Kier alpha value is -1.92. The van der Waals surface area contributed by atoms with Gasteiger partial charge in [-0.1, -0.05) is 37.8 Å². The molecule has 6 nitrogen and oxygen atoms in total. The van der Waals surface area contributed by atoms with Crippen molar-refractivity contribution in [3.05, 3.63) is 59.2 Å². The van der Waals surface area contributed by atoms with Gasteiger partial charge in [-0.15, -0.1) is 0 Å². The van der Waals surface area contributed by atoms with Gasteiger partial charge in [-0.25, -0.2) is 0 Å². The van der Waals surface area contributed by atoms with Crippen molar-refractivity contribution in [1.82, 2.24) is 10.3 Å². The molecule has 0 bridgehead atoms. The first-order valence-electron chi connectivity index (χ1n) is 13.2. The van der Waals surface area contributed by atoms with E-state index in [2.05, 4.69) is 94.3 Å². The van der Waals surface area contributed by atoms with E-state index in [4.69, 9.17) is 13.6 Å². The summed E-state index contributed by atoms with van der Waals surface area (Å²) in [5.41, 5.74) is 2.84. The van der Waals surface area contributed by atoms with Gasteiger partial charge in [-0.05, 0) is 88.0 Å². The normalized spacial score (nSPS) is 14.1. The summed E-state index contributed by atoms with van der Waals surface area (Å²) in [6, 6.07) is 14.4. The molecule has 0 fully saturated rings. The number of amides is 1. The van der Waals surface area contributed by atoms with Gasteiger partial charge in [0.25, 0.3) is 0 Å². The minimum absolute atomic E-state index is 0.0677. The van der Waals surface area contributed by atoms with Crippen LogP contribution in [0.4, 0.5) is 0 Å². The first kappa shape index (κ1) is 31.3. The van der Waals surface area contributed by atoms with Crippen LogP contribution in [0.3, 0.4) is 0 Å². The van der Waals surface area contributed by atoms with E-state index in [9.17, 15) is 4.79 Å². The van der Waals surface area contributed by atoms with Crippen LogP contribution in [0.15, 0.2) is 42.5 Å². The number of carbonyl (C=O) groups is 1. The summed E-state index contributed by atoms with van der Waals surface area (Å²) in [5.74, 6) is 1.46. The largest absolute Gasteiger partial charge is 0.544 e. The Morgan fingerprint density at radius 1 is 0.892 bits per heavy atom. The summed E-state index contributed by atoms with van der Waals surface area (Å²) in [4.78, 5) is 16.6. The maximum atomic E-state index is 13.3. The average Bonchev–Trinajstić information content (AvgIpc) is 2.74. The van der Waals surface area contributed by atoms with E-state index in [0.717, 1.165) is 17.7 Å². The van der Waals surface area contributed by atoms with Gasteiger partial charge in [-0.2, -0.15) is 0 Å². The number of hydrogen-bond acceptors (Lipinski definition) is 5. The zero-order chi connectivity index (χ0) is 28.0. The van der Waals surface area contributed by atoms with Gasteiger partial charge in [0.1, 0.15) is 19.7 Å². The van der Waals surface area contributed by atoms with Crippen molar-refractivity contribution >= 4 is 30.8 Å². The minimum atomic E-state index is -1.90. The Labute approximate surface area is 227 Å². The minimum Gasteiger partial charge on any atom is -0.544 e. The van der Waals surface area contributed by atoms with Gasteiger partial charge in [0.15, 0.2) is 8.32 Å². The maximum Gasteiger partial charge on any atom is 0.247 e. The lowest BCUT2D eigenvalue weighted by Gasteiger charge is -2.30. The molecule has 2 aromatic rings. The van der Waals surface area contributed by atoms with Crippen LogP contribution in [0.2, 0.25) is 58.9 Å². The van der Waals surface area contributed by atoms with Crippen molar-refractivity contribution in [2.45, 2.75) is 84.4 Å². The number of hydrogen-bond donors (Lipinski definition) is 2. The summed E-state index contributed by atoms with van der Waals surface area (Å²) >= 11 is 0. The summed E-state index contributed by atoms with van der Waals surface area (Å²) in [7, 11) is -3.92. The van der Waals surface area contributed by atoms with Crippen molar-refractivity contribution < 1.29 is 18.4 Å². The number of carbonyl (C=O) groups excluding carboxylic acids is 1. The van der Waals surface area contributed by atoms with Gasteiger partial charge in [0, 0.05) is 12.6 Å². The number of methoxy groups -OCH3 is 1. The molecule has 2 unspecified atom stereocenters. The quantitative estimate of drug-likeness (QED) is 0.271. The highest BCUT2D eigenvalue weighted by Crippen LogP contribution is 2.29. The van der Waals surface area contributed by atoms with E-state index in [0.29, 0.717) is 17.9 Å². The fourth-order valence-corrected chi connectivity index (χ4v) is 6.63. The molecule has 2 aromatic carbocycles. The fourth-order valence-electron chi connectivity index (χ4n) is 3.90. The van der Waals surface area contributed by atoms with Gasteiger partial charge in [0.2, 0.25) is 14.2 Å². The molecular weight excluding hydrogens is 513 g/mol. The van der Waals surface area contributed by atoms with Crippen LogP contribution < -0.4 is 19.5 Å². The third kappa shape index (κ3) is 11.6. The molecule has 0 spiro atoms. The van der Waals surface area contributed by atoms with Crippen LogP contribution >= 0.6 is 0 Å². The molecular formula is C28H48N2O4Si3. The smallest absolute Gasteiger partial charge is 0.247 e. The highest BCUT2D eigenvalue weighted by molar-refractivity contribution is 6.76. The van der Waals surface area contributed by atoms with Gasteiger partial charge >= 0.3 is 0 Å². The predicted octanol–water partition coefficient (Wildman–Crippen LogP) is 6.59. The topological polar surface area (TPSA) is 68.8 Å². The molecule has 0 saturated heterocycles. The van der Waals surface area contributed by atoms with E-state index in [1.54, 1.807) is 7.11 Å². The first-order valence-corrected chi connectivity index (χ1v) is 23.5. The van der Waals surface area contributed by atoms with Gasteiger partial charge in [-0.3, -0.25) is 4.79 Å². The zero-order valence-corrected chi connectivity index (χ0v) is 27.7. The van der Waals surface area contributed by atoms with Crippen LogP contribution in [0, 0.1) is 0 Å². The highest BCUT2D eigenvalue weighted by atomic mass is 28.4. The number of nitrogens with one attached hydrogen (secondary N) is 2. The number of benzene rings is 2. The summed E-state index contributed by atoms with van der Waals surface area (Å²) in [6.45, 7) is 22.2. The van der Waals surface area contributed by atoms with Gasteiger partial charge < -0.3 is 23.9 Å². The molecule has 2 N–H and O–H groups in total. The monoisotopic (exact) mass is 560 g/mol. The van der Waals surface area contributed by atoms with Crippen LogP contribution in [0.1, 0.15) is 34.5 Å². The van der Waals surface area contributed by atoms with Crippen LogP contribution in [-0.4, -0.2) is 50.5 Å². The Morgan fingerprint density at radius 2 is 1.51 bits per heavy atom. The van der Waals surface area contributed by atoms with Crippen molar-refractivity contribution in [2.75, 3.05) is 13.7 Å². The van der Waals surface area contributed by atoms with Crippen LogP contribution in [-0.2, 0) is 10.8 Å². The summed E-state index contributed by atoms with van der Waals surface area (Å²) < 4.78 is 18.2. The second kappa shape index (κ2) is 12.8. The molecule has 37 heavy (non-hydrogen) atoms. The molecule has 2 rings (SSSR count).